The Morgan fingerprint density at radius 3 is 2.27 bits per heavy atom. The number of carboxylic acids is 1. The Kier molecular flexibility index (Phi) is 12.1. The molecule has 0 aliphatic heterocycles. The summed E-state index contributed by atoms with van der Waals surface area (Å²) in [5.41, 5.74) is 5.40. The third-order valence-electron chi connectivity index (χ3n) is 6.78. The maximum atomic E-state index is 14.6. The number of amides is 1. The number of nitrogens with zero attached hydrogens (tertiary/aromatic N) is 1. The Labute approximate surface area is 257 Å². The molecule has 206 valence electrons. The fraction of sp³-hybridized carbons (Fsp3) is 0.212. The number of anilines is 1. The minimum Gasteiger partial charge on any atom is -0.548 e. The molecule has 41 heavy (non-hydrogen) atoms. The van der Waals surface area contributed by atoms with Gasteiger partial charge >= 0.3 is 18.9 Å². The molecule has 1 atom stereocenters. The van der Waals surface area contributed by atoms with Gasteiger partial charge in [0, 0.05) is 29.9 Å². The van der Waals surface area contributed by atoms with Crippen molar-refractivity contribution < 1.29 is 37.9 Å². The summed E-state index contributed by atoms with van der Waals surface area (Å²) in [6.07, 6.45) is 2.16. The molecular formula is C33H32FLiN2O3S. The van der Waals surface area contributed by atoms with Crippen LogP contribution in [0.2, 0.25) is 0 Å². The Morgan fingerprint density at radius 1 is 0.902 bits per heavy atom. The number of benzene rings is 4. The van der Waals surface area contributed by atoms with Crippen LogP contribution in [0.5, 0.6) is 0 Å². The molecule has 8 heteroatoms. The number of rotatable bonds is 12. The molecule has 0 bridgehead atoms. The van der Waals surface area contributed by atoms with Gasteiger partial charge < -0.3 is 20.1 Å². The average Bonchev–Trinajstić information content (AvgIpc) is 2.96. The summed E-state index contributed by atoms with van der Waals surface area (Å²) in [4.78, 5) is 27.2. The summed E-state index contributed by atoms with van der Waals surface area (Å²) < 4.78 is 14.6. The molecule has 0 saturated carbocycles. The second kappa shape index (κ2) is 15.5. The first kappa shape index (κ1) is 32.0. The molecule has 0 spiro atoms. The summed E-state index contributed by atoms with van der Waals surface area (Å²) in [5, 5.41) is 14.4. The molecule has 0 heterocycles. The molecule has 0 saturated heterocycles. The summed E-state index contributed by atoms with van der Waals surface area (Å²) in [6.45, 7) is 2.80. The molecular weight excluding hydrogens is 530 g/mol. The van der Waals surface area contributed by atoms with E-state index in [1.165, 1.54) is 17.8 Å². The van der Waals surface area contributed by atoms with E-state index >= 15 is 0 Å². The standard InChI is InChI=1S/C33H33FN2O3S.Li/c1-23-10-6-8-14-27(23)29-20-24(16-17-28(29)32(37)35-31(33(38)39)18-19-40-2)21-36(26-12-4-3-5-13-26)22-25-11-7-9-15-30(25)34;/h3-17,20,31H,18-19,21-22H2,1-2H3,(H,35,37)(H,38,39);/q;+1/p-1/t31-;/m0./s1. The zero-order valence-electron chi connectivity index (χ0n) is 23.6. The fourth-order valence-corrected chi connectivity index (χ4v) is 5.11. The van der Waals surface area contributed by atoms with Crippen LogP contribution >= 0.6 is 11.8 Å². The van der Waals surface area contributed by atoms with Crippen molar-refractivity contribution >= 4 is 29.3 Å². The molecule has 0 fully saturated rings. The van der Waals surface area contributed by atoms with Crippen molar-refractivity contribution in [3.63, 3.8) is 0 Å². The first-order valence-corrected chi connectivity index (χ1v) is 14.5. The maximum absolute atomic E-state index is 14.6. The van der Waals surface area contributed by atoms with Crippen LogP contribution < -0.4 is 34.2 Å². The number of carbonyl (C=O) groups excluding carboxylic acids is 2. The number of halogens is 1. The third kappa shape index (κ3) is 8.50. The second-order valence-electron chi connectivity index (χ2n) is 9.60. The van der Waals surface area contributed by atoms with Crippen LogP contribution in [-0.4, -0.2) is 29.9 Å². The molecule has 1 N–H and O–H groups in total. The Morgan fingerprint density at radius 2 is 1.59 bits per heavy atom. The van der Waals surface area contributed by atoms with Gasteiger partial charge in [-0.15, -0.1) is 0 Å². The van der Waals surface area contributed by atoms with Crippen LogP contribution in [0.3, 0.4) is 0 Å². The number of hydrogen-bond acceptors (Lipinski definition) is 5. The smallest absolute Gasteiger partial charge is 0.548 e. The van der Waals surface area contributed by atoms with E-state index in [9.17, 15) is 19.1 Å². The third-order valence-corrected chi connectivity index (χ3v) is 7.42. The molecule has 4 rings (SSSR count). The second-order valence-corrected chi connectivity index (χ2v) is 10.6. The van der Waals surface area contributed by atoms with Crippen molar-refractivity contribution in [3.8, 4) is 11.1 Å². The quantitative estimate of drug-likeness (QED) is 0.269. The van der Waals surface area contributed by atoms with Crippen molar-refractivity contribution in [2.75, 3.05) is 16.9 Å². The van der Waals surface area contributed by atoms with Gasteiger partial charge in [0.15, 0.2) is 0 Å². The summed E-state index contributed by atoms with van der Waals surface area (Å²) in [5.74, 6) is -1.45. The van der Waals surface area contributed by atoms with Gasteiger partial charge in [-0.3, -0.25) is 4.79 Å². The summed E-state index contributed by atoms with van der Waals surface area (Å²) in [7, 11) is 0. The molecule has 0 aliphatic carbocycles. The van der Waals surface area contributed by atoms with Crippen molar-refractivity contribution in [3.05, 3.63) is 125 Å². The first-order chi connectivity index (χ1) is 19.4. The van der Waals surface area contributed by atoms with Crippen molar-refractivity contribution in [1.82, 2.24) is 5.32 Å². The molecule has 4 aromatic carbocycles. The number of nitrogens with one attached hydrogen (secondary N) is 1. The Bertz CT molecular complexity index is 1470. The number of aryl methyl sites for hydroxylation is 1. The zero-order chi connectivity index (χ0) is 28.5. The molecule has 0 aromatic heterocycles. The number of aliphatic carboxylic acids is 1. The minimum atomic E-state index is -1.30. The van der Waals surface area contributed by atoms with Crippen LogP contribution in [-0.2, 0) is 17.9 Å². The van der Waals surface area contributed by atoms with E-state index < -0.39 is 17.9 Å². The zero-order valence-corrected chi connectivity index (χ0v) is 24.4. The van der Waals surface area contributed by atoms with Gasteiger partial charge in [0.1, 0.15) is 5.82 Å². The van der Waals surface area contributed by atoms with E-state index in [-0.39, 0.29) is 31.1 Å². The molecule has 5 nitrogen and oxygen atoms in total. The maximum Gasteiger partial charge on any atom is 1.00 e. The number of thioether (sulfide) groups is 1. The van der Waals surface area contributed by atoms with E-state index in [0.717, 1.165) is 22.4 Å². The Hall–Kier alpha value is -3.50. The van der Waals surface area contributed by atoms with E-state index in [4.69, 9.17) is 0 Å². The monoisotopic (exact) mass is 562 g/mol. The van der Waals surface area contributed by atoms with Crippen LogP contribution in [0, 0.1) is 12.7 Å². The predicted octanol–water partition coefficient (Wildman–Crippen LogP) is 2.61. The van der Waals surface area contributed by atoms with Crippen LogP contribution in [0.4, 0.5) is 10.1 Å². The normalized spacial score (nSPS) is 11.3. The van der Waals surface area contributed by atoms with Crippen LogP contribution in [0.25, 0.3) is 11.1 Å². The first-order valence-electron chi connectivity index (χ1n) is 13.1. The van der Waals surface area contributed by atoms with Gasteiger partial charge in [0.2, 0.25) is 0 Å². The SMILES string of the molecule is CSCC[C@H](NC(=O)c1ccc(CN(Cc2ccccc2F)c2ccccc2)cc1-c1ccccc1C)C(=O)[O-].[Li+]. The molecule has 1 amide bonds. The minimum absolute atomic E-state index is 0. The van der Waals surface area contributed by atoms with E-state index in [2.05, 4.69) is 10.2 Å². The molecule has 0 unspecified atom stereocenters. The summed E-state index contributed by atoms with van der Waals surface area (Å²) >= 11 is 1.51. The van der Waals surface area contributed by atoms with Gasteiger partial charge in [0.05, 0.1) is 12.0 Å². The topological polar surface area (TPSA) is 72.5 Å². The summed E-state index contributed by atoms with van der Waals surface area (Å²) in [6, 6.07) is 28.8. The van der Waals surface area contributed by atoms with E-state index in [1.54, 1.807) is 18.2 Å². The van der Waals surface area contributed by atoms with Gasteiger partial charge in [-0.2, -0.15) is 11.8 Å². The Balaban J connectivity index is 0.00000462. The van der Waals surface area contributed by atoms with Crippen molar-refractivity contribution in [2.45, 2.75) is 32.5 Å². The average molecular weight is 563 g/mol. The number of carboxylic acid groups (broad SMARTS) is 1. The number of hydrogen-bond donors (Lipinski definition) is 1. The van der Waals surface area contributed by atoms with Gasteiger partial charge in [-0.25, -0.2) is 4.39 Å². The van der Waals surface area contributed by atoms with Gasteiger partial charge in [0.25, 0.3) is 5.91 Å². The van der Waals surface area contributed by atoms with Crippen LogP contribution in [0.15, 0.2) is 97.1 Å². The fourth-order valence-electron chi connectivity index (χ4n) is 4.64. The van der Waals surface area contributed by atoms with Crippen LogP contribution in [0.1, 0.15) is 33.5 Å². The number of carbonyl (C=O) groups is 2. The predicted molar refractivity (Wildman–Crippen MR) is 159 cm³/mol. The molecule has 4 aromatic rings. The van der Waals surface area contributed by atoms with Gasteiger partial charge in [-0.1, -0.05) is 66.7 Å². The molecule has 0 aliphatic rings. The van der Waals surface area contributed by atoms with Crippen molar-refractivity contribution in [2.24, 2.45) is 0 Å². The van der Waals surface area contributed by atoms with Crippen molar-refractivity contribution in [1.29, 1.82) is 0 Å². The largest absolute Gasteiger partial charge is 1.00 e. The van der Waals surface area contributed by atoms with E-state index in [0.29, 0.717) is 35.5 Å². The van der Waals surface area contributed by atoms with E-state index in [1.807, 2.05) is 86.0 Å². The molecule has 0 radical (unpaired) electrons. The van der Waals surface area contributed by atoms with Gasteiger partial charge in [-0.05, 0) is 77.9 Å². The number of para-hydroxylation sites is 1.